The Hall–Kier alpha value is -1.69. The summed E-state index contributed by atoms with van der Waals surface area (Å²) in [6.07, 6.45) is 1.73. The second kappa shape index (κ2) is 6.47. The fourth-order valence-electron chi connectivity index (χ4n) is 1.71. The minimum Gasteiger partial charge on any atom is -0.481 e. The maximum Gasteiger partial charge on any atom is 0.213 e. The summed E-state index contributed by atoms with van der Waals surface area (Å²) in [4.78, 5) is 4.11. The van der Waals surface area contributed by atoms with Crippen molar-refractivity contribution < 1.29 is 4.74 Å². The van der Waals surface area contributed by atoms with Crippen molar-refractivity contribution in [2.45, 2.75) is 13.8 Å². The van der Waals surface area contributed by atoms with Crippen molar-refractivity contribution in [2.24, 2.45) is 0 Å². The molecule has 0 amide bonds. The molecular formula is C13H18N4OS. The fourth-order valence-corrected chi connectivity index (χ4v) is 2.35. The van der Waals surface area contributed by atoms with Crippen molar-refractivity contribution in [1.82, 2.24) is 14.2 Å². The van der Waals surface area contributed by atoms with E-state index >= 15 is 0 Å². The van der Waals surface area contributed by atoms with E-state index in [-0.39, 0.29) is 0 Å². The lowest BCUT2D eigenvalue weighted by Gasteiger charge is -2.04. The van der Waals surface area contributed by atoms with Crippen molar-refractivity contribution in [3.8, 4) is 17.1 Å². The minimum atomic E-state index is 0.597. The van der Waals surface area contributed by atoms with Crippen LogP contribution in [-0.4, -0.2) is 33.6 Å². The summed E-state index contributed by atoms with van der Waals surface area (Å²) in [6.45, 7) is 5.05. The number of ether oxygens (including phenoxy) is 1. The zero-order valence-electron chi connectivity index (χ0n) is 11.4. The predicted molar refractivity (Wildman–Crippen MR) is 79.7 cm³/mol. The Morgan fingerprint density at radius 3 is 2.89 bits per heavy atom. The van der Waals surface area contributed by atoms with Crippen LogP contribution < -0.4 is 10.1 Å². The summed E-state index contributed by atoms with van der Waals surface area (Å²) >= 11 is 1.66. The van der Waals surface area contributed by atoms with Crippen LogP contribution >= 0.6 is 11.9 Å². The van der Waals surface area contributed by atoms with Crippen LogP contribution in [0.3, 0.4) is 0 Å². The maximum atomic E-state index is 5.14. The quantitative estimate of drug-likeness (QED) is 0.880. The lowest BCUT2D eigenvalue weighted by molar-refractivity contribution is 0.398. The Balaban J connectivity index is 2.35. The number of rotatable bonds is 6. The van der Waals surface area contributed by atoms with E-state index in [4.69, 9.17) is 4.74 Å². The number of pyridine rings is 1. The van der Waals surface area contributed by atoms with Gasteiger partial charge in [-0.3, -0.25) is 0 Å². The van der Waals surface area contributed by atoms with Gasteiger partial charge in [0.1, 0.15) is 5.82 Å². The Kier molecular flexibility index (Phi) is 4.68. The van der Waals surface area contributed by atoms with Gasteiger partial charge in [-0.15, -0.1) is 0 Å². The van der Waals surface area contributed by atoms with Gasteiger partial charge in [-0.1, -0.05) is 6.92 Å². The number of nitrogens with one attached hydrogen (secondary N) is 1. The molecule has 0 radical (unpaired) electrons. The summed E-state index contributed by atoms with van der Waals surface area (Å²) in [5.41, 5.74) is 1.92. The van der Waals surface area contributed by atoms with Gasteiger partial charge in [0.15, 0.2) is 0 Å². The van der Waals surface area contributed by atoms with Gasteiger partial charge in [-0.2, -0.15) is 9.19 Å². The van der Waals surface area contributed by atoms with Gasteiger partial charge in [-0.05, 0) is 24.9 Å². The highest BCUT2D eigenvalue weighted by molar-refractivity contribution is 7.97. The van der Waals surface area contributed by atoms with E-state index < -0.39 is 0 Å². The van der Waals surface area contributed by atoms with Crippen molar-refractivity contribution >= 4 is 17.8 Å². The van der Waals surface area contributed by atoms with Crippen LogP contribution in [0.15, 0.2) is 24.4 Å². The molecule has 0 atom stereocenters. The van der Waals surface area contributed by atoms with Crippen LogP contribution in [0.1, 0.15) is 13.8 Å². The molecule has 0 aliphatic heterocycles. The molecule has 0 fully saturated rings. The molecule has 1 N–H and O–H groups in total. The second-order valence-electron chi connectivity index (χ2n) is 3.82. The Bertz CT molecular complexity index is 518. The summed E-state index contributed by atoms with van der Waals surface area (Å²) in [7, 11) is 1.61. The highest BCUT2D eigenvalue weighted by Gasteiger charge is 2.10. The second-order valence-corrected chi connectivity index (χ2v) is 5.00. The predicted octanol–water partition coefficient (Wildman–Crippen LogP) is 2.90. The van der Waals surface area contributed by atoms with Crippen LogP contribution in [0.2, 0.25) is 0 Å². The van der Waals surface area contributed by atoms with E-state index in [1.54, 1.807) is 25.3 Å². The normalized spacial score (nSPS) is 10.5. The Labute approximate surface area is 117 Å². The maximum absolute atomic E-state index is 5.14. The molecule has 0 saturated heterocycles. The van der Waals surface area contributed by atoms with Crippen LogP contribution in [0, 0.1) is 0 Å². The first-order valence-electron chi connectivity index (χ1n) is 6.26. The standard InChI is InChI=1S/C13H18N4OS/c1-4-14-12-9-11(16-17(12)19-5-2)10-6-7-15-13(8-10)18-3/h6-9,14H,4-5H2,1-3H3. The zero-order valence-corrected chi connectivity index (χ0v) is 12.2. The molecule has 5 nitrogen and oxygen atoms in total. The van der Waals surface area contributed by atoms with Crippen molar-refractivity contribution in [2.75, 3.05) is 24.7 Å². The lowest BCUT2D eigenvalue weighted by Crippen LogP contribution is -2.02. The Morgan fingerprint density at radius 2 is 2.21 bits per heavy atom. The van der Waals surface area contributed by atoms with Gasteiger partial charge < -0.3 is 10.1 Å². The molecule has 2 rings (SSSR count). The van der Waals surface area contributed by atoms with Crippen LogP contribution in [0.4, 0.5) is 5.82 Å². The average molecular weight is 278 g/mol. The number of aromatic nitrogens is 3. The number of anilines is 1. The van der Waals surface area contributed by atoms with E-state index in [0.717, 1.165) is 29.4 Å². The number of hydrogen-bond donors (Lipinski definition) is 1. The highest BCUT2D eigenvalue weighted by atomic mass is 32.2. The van der Waals surface area contributed by atoms with Gasteiger partial charge in [0.2, 0.25) is 5.88 Å². The molecular weight excluding hydrogens is 260 g/mol. The molecule has 102 valence electrons. The van der Waals surface area contributed by atoms with E-state index in [9.17, 15) is 0 Å². The van der Waals surface area contributed by atoms with E-state index in [2.05, 4.69) is 29.2 Å². The highest BCUT2D eigenvalue weighted by Crippen LogP contribution is 2.26. The third-order valence-corrected chi connectivity index (χ3v) is 3.31. The largest absolute Gasteiger partial charge is 0.481 e. The topological polar surface area (TPSA) is 52.0 Å². The lowest BCUT2D eigenvalue weighted by atomic mass is 10.2. The minimum absolute atomic E-state index is 0.597. The van der Waals surface area contributed by atoms with Gasteiger partial charge in [0, 0.05) is 36.2 Å². The molecule has 19 heavy (non-hydrogen) atoms. The average Bonchev–Trinajstić information content (AvgIpc) is 2.83. The molecule has 2 heterocycles. The molecule has 0 aromatic carbocycles. The molecule has 0 bridgehead atoms. The Morgan fingerprint density at radius 1 is 1.37 bits per heavy atom. The summed E-state index contributed by atoms with van der Waals surface area (Å²) < 4.78 is 7.06. The number of hydrogen-bond acceptors (Lipinski definition) is 5. The molecule has 2 aromatic heterocycles. The van der Waals surface area contributed by atoms with Crippen molar-refractivity contribution in [3.63, 3.8) is 0 Å². The number of methoxy groups -OCH3 is 1. The smallest absolute Gasteiger partial charge is 0.213 e. The first kappa shape index (κ1) is 13.7. The summed E-state index contributed by atoms with van der Waals surface area (Å²) in [5.74, 6) is 2.58. The van der Waals surface area contributed by atoms with E-state index in [1.165, 1.54) is 0 Å². The van der Waals surface area contributed by atoms with Gasteiger partial charge in [0.05, 0.1) is 12.8 Å². The van der Waals surface area contributed by atoms with Crippen LogP contribution in [0.25, 0.3) is 11.3 Å². The molecule has 0 saturated carbocycles. The van der Waals surface area contributed by atoms with Crippen molar-refractivity contribution in [1.29, 1.82) is 0 Å². The molecule has 0 aliphatic carbocycles. The molecule has 0 aliphatic rings. The van der Waals surface area contributed by atoms with Crippen molar-refractivity contribution in [3.05, 3.63) is 24.4 Å². The molecule has 6 heteroatoms. The van der Waals surface area contributed by atoms with Gasteiger partial charge in [-0.25, -0.2) is 4.98 Å². The summed E-state index contributed by atoms with van der Waals surface area (Å²) in [5, 5.41) is 7.91. The zero-order chi connectivity index (χ0) is 13.7. The first-order chi connectivity index (χ1) is 9.28. The fraction of sp³-hybridized carbons (Fsp3) is 0.385. The molecule has 0 spiro atoms. The monoisotopic (exact) mass is 278 g/mol. The van der Waals surface area contributed by atoms with Gasteiger partial charge >= 0.3 is 0 Å². The van der Waals surface area contributed by atoms with E-state index in [1.807, 2.05) is 22.3 Å². The SMILES string of the molecule is CCNc1cc(-c2ccnc(OC)c2)nn1SCC. The first-order valence-corrected chi connectivity index (χ1v) is 7.20. The third-order valence-electron chi connectivity index (χ3n) is 2.53. The summed E-state index contributed by atoms with van der Waals surface area (Å²) in [6, 6.07) is 5.86. The van der Waals surface area contributed by atoms with E-state index in [0.29, 0.717) is 5.88 Å². The van der Waals surface area contributed by atoms with Crippen LogP contribution in [-0.2, 0) is 0 Å². The molecule has 0 unspecified atom stereocenters. The van der Waals surface area contributed by atoms with Crippen LogP contribution in [0.5, 0.6) is 5.88 Å². The van der Waals surface area contributed by atoms with Gasteiger partial charge in [0.25, 0.3) is 0 Å². The number of nitrogens with zero attached hydrogens (tertiary/aromatic N) is 3. The third kappa shape index (κ3) is 3.20. The molecule has 2 aromatic rings.